The fourth-order valence-corrected chi connectivity index (χ4v) is 7.04. The first kappa shape index (κ1) is 43.0. The number of alkyl halides is 2. The average molecular weight is 747 g/mol. The third-order valence-corrected chi connectivity index (χ3v) is 9.69. The Labute approximate surface area is 311 Å². The van der Waals surface area contributed by atoms with Crippen molar-refractivity contribution in [3.63, 3.8) is 0 Å². The lowest BCUT2D eigenvalue weighted by molar-refractivity contribution is -0.162. The molecule has 0 aliphatic heterocycles. The normalized spacial score (nSPS) is 16.6. The molecule has 2 aromatic rings. The average Bonchev–Trinajstić information content (AvgIpc) is 3.14. The van der Waals surface area contributed by atoms with E-state index in [0.29, 0.717) is 0 Å². The highest BCUT2D eigenvalue weighted by Gasteiger charge is 2.53. The van der Waals surface area contributed by atoms with Crippen LogP contribution >= 0.6 is 0 Å². The minimum atomic E-state index is -3.99. The molecule has 0 aromatic carbocycles. The van der Waals surface area contributed by atoms with Crippen molar-refractivity contribution < 1.29 is 42.5 Å². The Balaban J connectivity index is 2.01. The molecule has 0 radical (unpaired) electrons. The summed E-state index contributed by atoms with van der Waals surface area (Å²) in [5.41, 5.74) is 0. The standard InChI is InChI=1S/C38H56F2N6O7/c1-23(2)30(45(36(50)52-7)28-18-12-14-20-41-28)34(48)43-27(22-26-16-10-9-11-17-26)33(47)38(39,40)32(25(5)6)44-35(49)31(24(3)4)46(37(51)53-8)29-19-13-15-21-42-29/h12-15,18-21,23-27,30-33,47H,9-11,16-17,22H2,1-8H3,(H,43,48)(H,44,49)/t27-,30-,31-,32-,33+/m0/s1. The van der Waals surface area contributed by atoms with Crippen LogP contribution < -0.4 is 20.4 Å². The Kier molecular flexibility index (Phi) is 15.9. The number of nitrogens with one attached hydrogen (secondary N) is 2. The number of aliphatic hydroxyl groups is 1. The van der Waals surface area contributed by atoms with Gasteiger partial charge in [0.25, 0.3) is 5.92 Å². The molecule has 1 aliphatic carbocycles. The first-order chi connectivity index (χ1) is 25.1. The van der Waals surface area contributed by atoms with E-state index in [0.717, 1.165) is 56.1 Å². The van der Waals surface area contributed by atoms with Crippen LogP contribution in [0.5, 0.6) is 0 Å². The second-order valence-corrected chi connectivity index (χ2v) is 14.6. The highest BCUT2D eigenvalue weighted by Crippen LogP contribution is 2.35. The van der Waals surface area contributed by atoms with Gasteiger partial charge in [0.05, 0.1) is 26.3 Å². The first-order valence-electron chi connectivity index (χ1n) is 18.3. The third-order valence-electron chi connectivity index (χ3n) is 9.69. The predicted octanol–water partition coefficient (Wildman–Crippen LogP) is 5.96. The number of aliphatic hydroxyl groups excluding tert-OH is 1. The number of methoxy groups -OCH3 is 2. The Bertz CT molecular complexity index is 1480. The number of nitrogens with zero attached hydrogens (tertiary/aromatic N) is 4. The van der Waals surface area contributed by atoms with Crippen molar-refractivity contribution in [2.24, 2.45) is 23.7 Å². The quantitative estimate of drug-likeness (QED) is 0.188. The van der Waals surface area contributed by atoms with E-state index in [1.165, 1.54) is 38.4 Å². The molecule has 3 rings (SSSR count). The minimum Gasteiger partial charge on any atom is -0.452 e. The molecule has 294 valence electrons. The van der Waals surface area contributed by atoms with Crippen molar-refractivity contribution in [3.05, 3.63) is 48.8 Å². The topological polar surface area (TPSA) is 163 Å². The molecule has 2 aromatic heterocycles. The van der Waals surface area contributed by atoms with E-state index in [1.807, 2.05) is 0 Å². The van der Waals surface area contributed by atoms with Gasteiger partial charge in [-0.1, -0.05) is 85.8 Å². The van der Waals surface area contributed by atoms with Gasteiger partial charge in [-0.3, -0.25) is 9.59 Å². The van der Waals surface area contributed by atoms with Gasteiger partial charge in [0.2, 0.25) is 11.8 Å². The van der Waals surface area contributed by atoms with Gasteiger partial charge in [-0.05, 0) is 54.4 Å². The Hall–Kier alpha value is -4.40. The van der Waals surface area contributed by atoms with Crippen LogP contribution in [0.25, 0.3) is 0 Å². The number of hydrogen-bond acceptors (Lipinski definition) is 9. The highest BCUT2D eigenvalue weighted by atomic mass is 19.3. The number of rotatable bonds is 16. The number of anilines is 2. The monoisotopic (exact) mass is 746 g/mol. The molecular weight excluding hydrogens is 690 g/mol. The van der Waals surface area contributed by atoms with Crippen LogP contribution in [0.4, 0.5) is 30.0 Å². The molecule has 5 atom stereocenters. The van der Waals surface area contributed by atoms with E-state index in [9.17, 15) is 24.3 Å². The summed E-state index contributed by atoms with van der Waals surface area (Å²) >= 11 is 0. The van der Waals surface area contributed by atoms with Crippen molar-refractivity contribution in [1.82, 2.24) is 20.6 Å². The fourth-order valence-electron chi connectivity index (χ4n) is 7.04. The molecule has 0 spiro atoms. The van der Waals surface area contributed by atoms with E-state index in [-0.39, 0.29) is 24.0 Å². The number of amides is 4. The van der Waals surface area contributed by atoms with Crippen LogP contribution in [-0.4, -0.2) is 89.5 Å². The Morgan fingerprint density at radius 3 is 1.60 bits per heavy atom. The molecule has 53 heavy (non-hydrogen) atoms. The van der Waals surface area contributed by atoms with Gasteiger partial charge in [-0.25, -0.2) is 38.1 Å². The summed E-state index contributed by atoms with van der Waals surface area (Å²) < 4.78 is 43.7. The summed E-state index contributed by atoms with van der Waals surface area (Å²) in [6.45, 7) is 9.67. The maximum absolute atomic E-state index is 16.9. The molecule has 0 bridgehead atoms. The number of halogens is 2. The van der Waals surface area contributed by atoms with Crippen molar-refractivity contribution in [3.8, 4) is 0 Å². The van der Waals surface area contributed by atoms with Crippen LogP contribution in [0.15, 0.2) is 48.8 Å². The lowest BCUT2D eigenvalue weighted by atomic mass is 9.81. The van der Waals surface area contributed by atoms with Crippen molar-refractivity contribution in [2.45, 2.75) is 116 Å². The number of ether oxygens (including phenoxy) is 2. The molecule has 13 nitrogen and oxygen atoms in total. The summed E-state index contributed by atoms with van der Waals surface area (Å²) in [7, 11) is 2.30. The maximum Gasteiger partial charge on any atom is 0.415 e. The van der Waals surface area contributed by atoms with Gasteiger partial charge < -0.3 is 25.2 Å². The summed E-state index contributed by atoms with van der Waals surface area (Å²) in [5.74, 6) is -7.55. The van der Waals surface area contributed by atoms with Gasteiger partial charge in [0.1, 0.15) is 29.8 Å². The van der Waals surface area contributed by atoms with Gasteiger partial charge >= 0.3 is 12.2 Å². The van der Waals surface area contributed by atoms with E-state index in [2.05, 4.69) is 20.6 Å². The zero-order valence-corrected chi connectivity index (χ0v) is 32.0. The summed E-state index contributed by atoms with van der Waals surface area (Å²) in [6, 6.07) is 3.58. The van der Waals surface area contributed by atoms with Gasteiger partial charge in [-0.15, -0.1) is 0 Å². The zero-order valence-electron chi connectivity index (χ0n) is 32.0. The van der Waals surface area contributed by atoms with E-state index < -0.39 is 77.9 Å². The van der Waals surface area contributed by atoms with Gasteiger partial charge in [0, 0.05) is 12.4 Å². The lowest BCUT2D eigenvalue weighted by Crippen LogP contribution is -2.65. The van der Waals surface area contributed by atoms with Crippen LogP contribution in [0.2, 0.25) is 0 Å². The van der Waals surface area contributed by atoms with Crippen LogP contribution in [0.3, 0.4) is 0 Å². The van der Waals surface area contributed by atoms with E-state index in [4.69, 9.17) is 9.47 Å². The van der Waals surface area contributed by atoms with Crippen LogP contribution in [-0.2, 0) is 19.1 Å². The summed E-state index contributed by atoms with van der Waals surface area (Å²) in [6.07, 6.45) is 2.91. The molecule has 1 aliphatic rings. The summed E-state index contributed by atoms with van der Waals surface area (Å²) in [4.78, 5) is 64.7. The second kappa shape index (κ2) is 19.6. The van der Waals surface area contributed by atoms with Crippen molar-refractivity contribution in [1.29, 1.82) is 0 Å². The van der Waals surface area contributed by atoms with Crippen molar-refractivity contribution >= 4 is 35.6 Å². The zero-order chi connectivity index (χ0) is 39.5. The maximum atomic E-state index is 16.9. The van der Waals surface area contributed by atoms with Gasteiger partial charge in [-0.2, -0.15) is 0 Å². The smallest absolute Gasteiger partial charge is 0.415 e. The number of pyridine rings is 2. The SMILES string of the molecule is COC(=O)N(c1ccccn1)[C@H](C(=O)N[C@@H](CC1CCCCC1)[C@@H](O)C(F)(F)[C@@H](NC(=O)[C@H](C(C)C)N(C(=O)OC)c1ccccn1)C(C)C)C(C)C. The highest BCUT2D eigenvalue weighted by molar-refractivity contribution is 5.98. The number of hydrogen-bond donors (Lipinski definition) is 3. The molecular formula is C38H56F2N6O7. The number of carbonyl (C=O) groups is 4. The summed E-state index contributed by atoms with van der Waals surface area (Å²) in [5, 5.41) is 16.9. The molecule has 1 saturated carbocycles. The third kappa shape index (κ3) is 10.8. The largest absolute Gasteiger partial charge is 0.452 e. The number of carbonyl (C=O) groups excluding carboxylic acids is 4. The van der Waals surface area contributed by atoms with Gasteiger partial charge in [0.15, 0.2) is 0 Å². The molecule has 3 N–H and O–H groups in total. The molecule has 0 saturated heterocycles. The van der Waals surface area contributed by atoms with E-state index >= 15 is 8.78 Å². The first-order valence-corrected chi connectivity index (χ1v) is 18.3. The molecule has 0 unspecified atom stereocenters. The van der Waals surface area contributed by atoms with E-state index in [1.54, 1.807) is 52.0 Å². The minimum absolute atomic E-state index is 0.0400. The van der Waals surface area contributed by atoms with Crippen LogP contribution in [0.1, 0.15) is 80.1 Å². The fraction of sp³-hybridized carbons (Fsp3) is 0.632. The van der Waals surface area contributed by atoms with Crippen LogP contribution in [0, 0.1) is 23.7 Å². The molecule has 1 fully saturated rings. The Morgan fingerprint density at radius 1 is 0.774 bits per heavy atom. The predicted molar refractivity (Wildman–Crippen MR) is 196 cm³/mol. The second-order valence-electron chi connectivity index (χ2n) is 14.6. The van der Waals surface area contributed by atoms with Crippen molar-refractivity contribution in [2.75, 3.05) is 24.0 Å². The lowest BCUT2D eigenvalue weighted by Gasteiger charge is -2.41. The number of aromatic nitrogens is 2. The molecule has 4 amide bonds. The molecule has 15 heteroatoms. The molecule has 2 heterocycles. The Morgan fingerprint density at radius 2 is 1.23 bits per heavy atom.